The molecular formula is C15H22BrClN2O2S. The maximum atomic E-state index is 12.1. The standard InChI is InChI=1S/C15H21BrN2O2S.ClH/c16-12-5-7-14(8-6-12)21(20)10-2-4-15(19)18-11-13-3-1-9-17-13;/h5-8,13,17H,1-4,9-11H2,(H,18,19);1H. The van der Waals surface area contributed by atoms with Crippen molar-refractivity contribution < 1.29 is 9.00 Å². The number of amides is 1. The fourth-order valence-corrected chi connectivity index (χ4v) is 3.67. The molecular weight excluding hydrogens is 388 g/mol. The summed E-state index contributed by atoms with van der Waals surface area (Å²) in [6.45, 7) is 1.75. The van der Waals surface area contributed by atoms with Gasteiger partial charge in [0.05, 0.1) is 10.8 Å². The van der Waals surface area contributed by atoms with Gasteiger partial charge in [-0.15, -0.1) is 12.4 Å². The topological polar surface area (TPSA) is 58.2 Å². The van der Waals surface area contributed by atoms with Gasteiger partial charge in [0.25, 0.3) is 0 Å². The van der Waals surface area contributed by atoms with E-state index in [4.69, 9.17) is 0 Å². The Kier molecular flexibility index (Phi) is 9.24. The number of hydrogen-bond donors (Lipinski definition) is 2. The van der Waals surface area contributed by atoms with E-state index in [0.29, 0.717) is 31.2 Å². The molecule has 0 aliphatic carbocycles. The van der Waals surface area contributed by atoms with Gasteiger partial charge in [-0.25, -0.2) is 0 Å². The summed E-state index contributed by atoms with van der Waals surface area (Å²) < 4.78 is 13.0. The van der Waals surface area contributed by atoms with Crippen molar-refractivity contribution in [2.24, 2.45) is 0 Å². The third kappa shape index (κ3) is 6.77. The Morgan fingerprint density at radius 3 is 2.73 bits per heavy atom. The molecule has 4 nitrogen and oxygen atoms in total. The molecule has 2 atom stereocenters. The molecule has 1 aliphatic rings. The lowest BCUT2D eigenvalue weighted by atomic mass is 10.2. The Bertz CT molecular complexity index is 493. The summed E-state index contributed by atoms with van der Waals surface area (Å²) in [7, 11) is -1.03. The van der Waals surface area contributed by atoms with E-state index in [1.807, 2.05) is 24.3 Å². The third-order valence-electron chi connectivity index (χ3n) is 3.52. The van der Waals surface area contributed by atoms with Gasteiger partial charge < -0.3 is 10.6 Å². The van der Waals surface area contributed by atoms with E-state index in [1.165, 1.54) is 6.42 Å². The van der Waals surface area contributed by atoms with Crippen LogP contribution in [0.2, 0.25) is 0 Å². The van der Waals surface area contributed by atoms with E-state index in [9.17, 15) is 9.00 Å². The monoisotopic (exact) mass is 408 g/mol. The number of carbonyl (C=O) groups is 1. The molecule has 22 heavy (non-hydrogen) atoms. The van der Waals surface area contributed by atoms with E-state index < -0.39 is 10.8 Å². The fourth-order valence-electron chi connectivity index (χ4n) is 2.32. The summed E-state index contributed by atoms with van der Waals surface area (Å²) in [5, 5.41) is 6.28. The smallest absolute Gasteiger partial charge is 0.220 e. The second-order valence-corrected chi connectivity index (χ2v) is 7.69. The van der Waals surface area contributed by atoms with Crippen LogP contribution >= 0.6 is 28.3 Å². The van der Waals surface area contributed by atoms with Crippen molar-refractivity contribution in [3.05, 3.63) is 28.7 Å². The fraction of sp³-hybridized carbons (Fsp3) is 0.533. The Balaban J connectivity index is 0.00000242. The van der Waals surface area contributed by atoms with Crippen molar-refractivity contribution in [3.63, 3.8) is 0 Å². The summed E-state index contributed by atoms with van der Waals surface area (Å²) in [6, 6.07) is 7.90. The average Bonchev–Trinajstić information content (AvgIpc) is 2.99. The van der Waals surface area contributed by atoms with Crippen LogP contribution in [0.3, 0.4) is 0 Å². The number of carbonyl (C=O) groups excluding carboxylic acids is 1. The predicted octanol–water partition coefficient (Wildman–Crippen LogP) is 2.63. The minimum Gasteiger partial charge on any atom is -0.355 e. The second-order valence-electron chi connectivity index (χ2n) is 5.20. The zero-order valence-corrected chi connectivity index (χ0v) is 15.6. The van der Waals surface area contributed by atoms with Crippen LogP contribution in [0.4, 0.5) is 0 Å². The molecule has 1 amide bonds. The first kappa shape index (κ1) is 19.6. The molecule has 1 aromatic carbocycles. The van der Waals surface area contributed by atoms with Crippen molar-refractivity contribution in [2.75, 3.05) is 18.8 Å². The molecule has 1 saturated heterocycles. The number of nitrogens with one attached hydrogen (secondary N) is 2. The van der Waals surface area contributed by atoms with Gasteiger partial charge in [0.2, 0.25) is 5.91 Å². The van der Waals surface area contributed by atoms with Gasteiger partial charge in [-0.3, -0.25) is 9.00 Å². The van der Waals surface area contributed by atoms with Crippen molar-refractivity contribution >= 4 is 45.0 Å². The molecule has 124 valence electrons. The maximum Gasteiger partial charge on any atom is 0.220 e. The van der Waals surface area contributed by atoms with Crippen LogP contribution in [0, 0.1) is 0 Å². The number of hydrogen-bond acceptors (Lipinski definition) is 3. The highest BCUT2D eigenvalue weighted by molar-refractivity contribution is 9.10. The molecule has 0 spiro atoms. The third-order valence-corrected chi connectivity index (χ3v) is 5.50. The average molecular weight is 410 g/mol. The lowest BCUT2D eigenvalue weighted by Crippen LogP contribution is -2.37. The number of benzene rings is 1. The van der Waals surface area contributed by atoms with Crippen LogP contribution in [0.1, 0.15) is 25.7 Å². The Morgan fingerprint density at radius 1 is 1.36 bits per heavy atom. The van der Waals surface area contributed by atoms with Gasteiger partial charge in [-0.05, 0) is 50.1 Å². The summed E-state index contributed by atoms with van der Waals surface area (Å²) >= 11 is 3.35. The minimum absolute atomic E-state index is 0. The molecule has 0 bridgehead atoms. The van der Waals surface area contributed by atoms with E-state index in [1.54, 1.807) is 0 Å². The highest BCUT2D eigenvalue weighted by atomic mass is 79.9. The molecule has 1 heterocycles. The highest BCUT2D eigenvalue weighted by Gasteiger charge is 2.14. The van der Waals surface area contributed by atoms with Gasteiger partial charge in [-0.2, -0.15) is 0 Å². The Labute approximate surface area is 148 Å². The van der Waals surface area contributed by atoms with Crippen LogP contribution in [0.25, 0.3) is 0 Å². The minimum atomic E-state index is -1.03. The van der Waals surface area contributed by atoms with Gasteiger partial charge >= 0.3 is 0 Å². The molecule has 1 aromatic rings. The molecule has 2 N–H and O–H groups in total. The first-order valence-electron chi connectivity index (χ1n) is 7.29. The second kappa shape index (κ2) is 10.4. The lowest BCUT2D eigenvalue weighted by Gasteiger charge is -2.11. The predicted molar refractivity (Wildman–Crippen MR) is 95.9 cm³/mol. The SMILES string of the molecule is Cl.O=C(CCCS(=O)c1ccc(Br)cc1)NCC1CCCN1. The maximum absolute atomic E-state index is 12.1. The lowest BCUT2D eigenvalue weighted by molar-refractivity contribution is -0.121. The molecule has 1 aliphatic heterocycles. The molecule has 0 aromatic heterocycles. The normalized spacial score (nSPS) is 18.5. The van der Waals surface area contributed by atoms with Gasteiger partial charge in [0, 0.05) is 34.1 Å². The van der Waals surface area contributed by atoms with Crippen LogP contribution in [0.5, 0.6) is 0 Å². The van der Waals surface area contributed by atoms with E-state index in [2.05, 4.69) is 26.6 Å². The van der Waals surface area contributed by atoms with Crippen LogP contribution < -0.4 is 10.6 Å². The number of halogens is 2. The Hall–Kier alpha value is -0.430. The highest BCUT2D eigenvalue weighted by Crippen LogP contribution is 2.14. The zero-order valence-electron chi connectivity index (χ0n) is 12.3. The number of rotatable bonds is 7. The molecule has 1 fully saturated rings. The first-order chi connectivity index (χ1) is 10.1. The van der Waals surface area contributed by atoms with Crippen LogP contribution in [-0.4, -0.2) is 35.0 Å². The summed E-state index contributed by atoms with van der Waals surface area (Å²) in [5.74, 6) is 0.577. The van der Waals surface area contributed by atoms with Crippen molar-refractivity contribution in [3.8, 4) is 0 Å². The Morgan fingerprint density at radius 2 is 2.09 bits per heavy atom. The first-order valence-corrected chi connectivity index (χ1v) is 9.40. The molecule has 0 radical (unpaired) electrons. The molecule has 0 saturated carbocycles. The molecule has 7 heteroatoms. The van der Waals surface area contributed by atoms with E-state index in [0.717, 1.165) is 22.3 Å². The van der Waals surface area contributed by atoms with Gasteiger partial charge in [-0.1, -0.05) is 15.9 Å². The van der Waals surface area contributed by atoms with Crippen molar-refractivity contribution in [1.29, 1.82) is 0 Å². The summed E-state index contributed by atoms with van der Waals surface area (Å²) in [5.41, 5.74) is 0. The van der Waals surface area contributed by atoms with Gasteiger partial charge in [0.15, 0.2) is 0 Å². The van der Waals surface area contributed by atoms with Crippen molar-refractivity contribution in [1.82, 2.24) is 10.6 Å². The molecule has 2 rings (SSSR count). The van der Waals surface area contributed by atoms with Gasteiger partial charge in [0.1, 0.15) is 0 Å². The quantitative estimate of drug-likeness (QED) is 0.728. The van der Waals surface area contributed by atoms with Crippen LogP contribution in [0.15, 0.2) is 33.6 Å². The van der Waals surface area contributed by atoms with E-state index in [-0.39, 0.29) is 18.3 Å². The summed E-state index contributed by atoms with van der Waals surface area (Å²) in [4.78, 5) is 12.5. The van der Waals surface area contributed by atoms with E-state index >= 15 is 0 Å². The summed E-state index contributed by atoms with van der Waals surface area (Å²) in [6.07, 6.45) is 3.40. The largest absolute Gasteiger partial charge is 0.355 e. The van der Waals surface area contributed by atoms with Crippen molar-refractivity contribution in [2.45, 2.75) is 36.6 Å². The zero-order chi connectivity index (χ0) is 15.1. The van der Waals surface area contributed by atoms with Crippen LogP contribution in [-0.2, 0) is 15.6 Å². The molecule has 2 unspecified atom stereocenters.